The normalized spacial score (nSPS) is 14.6. The van der Waals surface area contributed by atoms with E-state index in [1.54, 1.807) is 36.7 Å². The zero-order chi connectivity index (χ0) is 30.0. The molecule has 1 amide bonds. The van der Waals surface area contributed by atoms with Crippen molar-refractivity contribution in [3.63, 3.8) is 0 Å². The average Bonchev–Trinajstić information content (AvgIpc) is 3.48. The lowest BCUT2D eigenvalue weighted by atomic mass is 10.0. The zero-order valence-electron chi connectivity index (χ0n) is 23.3. The van der Waals surface area contributed by atoms with Crippen LogP contribution in [0.15, 0.2) is 84.5 Å². The number of aromatic nitrogens is 2. The van der Waals surface area contributed by atoms with Gasteiger partial charge in [-0.05, 0) is 60.5 Å². The lowest BCUT2D eigenvalue weighted by Crippen LogP contribution is -2.44. The largest absolute Gasteiger partial charge is 0.456 e. The first kappa shape index (κ1) is 28.8. The van der Waals surface area contributed by atoms with Crippen molar-refractivity contribution in [3.8, 4) is 22.8 Å². The van der Waals surface area contributed by atoms with E-state index in [0.717, 1.165) is 40.6 Å². The number of nitrogens with zero attached hydrogens (tertiary/aromatic N) is 4. The first-order chi connectivity index (χ1) is 20.7. The number of fused-ring (bicyclic) bond motifs is 1. The molecular weight excluding hydrogens is 575 g/mol. The van der Waals surface area contributed by atoms with Gasteiger partial charge >= 0.3 is 6.18 Å². The van der Waals surface area contributed by atoms with Crippen LogP contribution in [0, 0.1) is 0 Å². The smallest absolute Gasteiger partial charge is 0.416 e. The molecule has 1 saturated heterocycles. The minimum absolute atomic E-state index is 0.0723. The maximum Gasteiger partial charge on any atom is 0.416 e. The van der Waals surface area contributed by atoms with Gasteiger partial charge in [-0.2, -0.15) is 13.2 Å². The van der Waals surface area contributed by atoms with Gasteiger partial charge in [0.15, 0.2) is 0 Å². The second-order valence-electron chi connectivity index (χ2n) is 10.4. The summed E-state index contributed by atoms with van der Waals surface area (Å²) >= 11 is 1.50. The van der Waals surface area contributed by atoms with Crippen LogP contribution in [-0.4, -0.2) is 58.9 Å². The van der Waals surface area contributed by atoms with Gasteiger partial charge in [-0.25, -0.2) is 4.98 Å². The maximum absolute atomic E-state index is 14.0. The number of amides is 1. The molecule has 3 aromatic heterocycles. The number of nitrogens with one attached hydrogen (secondary N) is 1. The Kier molecular flexibility index (Phi) is 8.11. The molecule has 0 bridgehead atoms. The van der Waals surface area contributed by atoms with Gasteiger partial charge in [0.25, 0.3) is 5.91 Å². The Morgan fingerprint density at radius 3 is 2.56 bits per heavy atom. The minimum Gasteiger partial charge on any atom is -0.456 e. The van der Waals surface area contributed by atoms with Crippen molar-refractivity contribution in [3.05, 3.63) is 101 Å². The van der Waals surface area contributed by atoms with Crippen molar-refractivity contribution < 1.29 is 22.7 Å². The highest BCUT2D eigenvalue weighted by Crippen LogP contribution is 2.37. The van der Waals surface area contributed by atoms with Gasteiger partial charge in [-0.15, -0.1) is 11.3 Å². The van der Waals surface area contributed by atoms with Crippen LogP contribution in [0.5, 0.6) is 11.5 Å². The Morgan fingerprint density at radius 2 is 1.79 bits per heavy atom. The number of alkyl halides is 3. The van der Waals surface area contributed by atoms with Gasteiger partial charge < -0.3 is 15.0 Å². The number of pyridine rings is 2. The number of rotatable bonds is 7. The van der Waals surface area contributed by atoms with Crippen LogP contribution in [-0.2, 0) is 12.7 Å². The van der Waals surface area contributed by atoms with Gasteiger partial charge in [-0.3, -0.25) is 14.7 Å². The molecule has 0 aliphatic carbocycles. The molecule has 11 heteroatoms. The number of anilines is 1. The number of halogens is 3. The van der Waals surface area contributed by atoms with Crippen molar-refractivity contribution >= 4 is 33.1 Å². The molecule has 1 aliphatic rings. The summed E-state index contributed by atoms with van der Waals surface area (Å²) in [4.78, 5) is 26.9. The van der Waals surface area contributed by atoms with Crippen LogP contribution in [0.1, 0.15) is 21.5 Å². The van der Waals surface area contributed by atoms with Crippen molar-refractivity contribution in [2.24, 2.45) is 0 Å². The lowest BCUT2D eigenvalue weighted by molar-refractivity contribution is -0.138. The van der Waals surface area contributed by atoms with Crippen LogP contribution in [0.25, 0.3) is 21.5 Å². The van der Waals surface area contributed by atoms with Gasteiger partial charge in [0.1, 0.15) is 16.3 Å². The van der Waals surface area contributed by atoms with E-state index in [1.165, 1.54) is 23.5 Å². The number of thiophene rings is 1. The Bertz CT molecular complexity index is 1750. The van der Waals surface area contributed by atoms with Crippen LogP contribution < -0.4 is 10.1 Å². The van der Waals surface area contributed by atoms with E-state index in [1.807, 2.05) is 41.6 Å². The van der Waals surface area contributed by atoms with E-state index in [-0.39, 0.29) is 17.7 Å². The fourth-order valence-corrected chi connectivity index (χ4v) is 5.79. The maximum atomic E-state index is 14.0. The topological polar surface area (TPSA) is 70.6 Å². The number of benzene rings is 2. The molecule has 0 radical (unpaired) electrons. The highest BCUT2D eigenvalue weighted by Gasteiger charge is 2.34. The second-order valence-corrected chi connectivity index (χ2v) is 11.3. The van der Waals surface area contributed by atoms with Crippen molar-refractivity contribution in [2.75, 3.05) is 38.5 Å². The summed E-state index contributed by atoms with van der Waals surface area (Å²) < 4.78 is 48.4. The number of likely N-dealkylation sites (N-methyl/N-ethyl adjacent to an activating group) is 1. The third kappa shape index (κ3) is 6.69. The third-order valence-electron chi connectivity index (χ3n) is 7.36. The Balaban J connectivity index is 1.21. The van der Waals surface area contributed by atoms with Crippen LogP contribution in [0.4, 0.5) is 18.9 Å². The molecule has 0 unspecified atom stereocenters. The summed E-state index contributed by atoms with van der Waals surface area (Å²) in [5.41, 5.74) is 1.31. The third-order valence-corrected chi connectivity index (χ3v) is 8.17. The summed E-state index contributed by atoms with van der Waals surface area (Å²) in [6.07, 6.45) is -1.19. The highest BCUT2D eigenvalue weighted by molar-refractivity contribution is 7.16. The van der Waals surface area contributed by atoms with E-state index >= 15 is 0 Å². The molecule has 5 aromatic rings. The van der Waals surface area contributed by atoms with E-state index in [9.17, 15) is 18.0 Å². The van der Waals surface area contributed by atoms with Gasteiger partial charge in [0.05, 0.1) is 16.6 Å². The molecule has 1 aliphatic heterocycles. The highest BCUT2D eigenvalue weighted by atomic mass is 32.1. The molecule has 1 fully saturated rings. The van der Waals surface area contributed by atoms with Crippen molar-refractivity contribution in [2.45, 2.75) is 12.7 Å². The molecular formula is C32H28F3N5O2S. The number of hydrogen-bond donors (Lipinski definition) is 1. The van der Waals surface area contributed by atoms with E-state index in [4.69, 9.17) is 9.72 Å². The Morgan fingerprint density at radius 1 is 1.00 bits per heavy atom. The van der Waals surface area contributed by atoms with E-state index in [0.29, 0.717) is 30.3 Å². The SMILES string of the molecule is CN1CCN(Cc2ccc(C(=O)Nc3cccc(Oc4cc(-c5ccncc5)nc5sccc45)c3)cc2C(F)(F)F)CC1. The average molecular weight is 604 g/mol. The molecule has 7 nitrogen and oxygen atoms in total. The summed E-state index contributed by atoms with van der Waals surface area (Å²) in [6, 6.07) is 18.0. The number of carbonyl (C=O) groups is 1. The van der Waals surface area contributed by atoms with Gasteiger partial charge in [0, 0.05) is 74.1 Å². The van der Waals surface area contributed by atoms with Crippen LogP contribution in [0.2, 0.25) is 0 Å². The number of hydrogen-bond acceptors (Lipinski definition) is 7. The molecule has 220 valence electrons. The summed E-state index contributed by atoms with van der Waals surface area (Å²) in [6.45, 7) is 3.17. The molecule has 0 atom stereocenters. The first-order valence-corrected chi connectivity index (χ1v) is 14.6. The standard InChI is InChI=1S/C32H28F3N5O2S/c1-39-12-14-40(15-13-39)20-23-6-5-22(17-27(23)32(33,34)35)30(41)37-24-3-2-4-25(18-24)42-29-19-28(21-7-10-36-11-8-21)38-31-26(29)9-16-43-31/h2-11,16-19H,12-15,20H2,1H3,(H,37,41). The summed E-state index contributed by atoms with van der Waals surface area (Å²) in [5.74, 6) is 0.404. The van der Waals surface area contributed by atoms with Crippen molar-refractivity contribution in [1.82, 2.24) is 19.8 Å². The fraction of sp³-hybridized carbons (Fsp3) is 0.219. The zero-order valence-corrected chi connectivity index (χ0v) is 24.1. The minimum atomic E-state index is -4.58. The monoisotopic (exact) mass is 603 g/mol. The second kappa shape index (κ2) is 12.1. The quantitative estimate of drug-likeness (QED) is 0.213. The predicted octanol–water partition coefficient (Wildman–Crippen LogP) is 7.17. The van der Waals surface area contributed by atoms with E-state index < -0.39 is 17.6 Å². The molecule has 43 heavy (non-hydrogen) atoms. The Labute approximate surface area is 250 Å². The molecule has 6 rings (SSSR count). The van der Waals surface area contributed by atoms with E-state index in [2.05, 4.69) is 15.2 Å². The number of carbonyl (C=O) groups excluding carboxylic acids is 1. The molecule has 1 N–H and O–H groups in total. The lowest BCUT2D eigenvalue weighted by Gasteiger charge is -2.33. The molecule has 0 saturated carbocycles. The van der Waals surface area contributed by atoms with Crippen LogP contribution >= 0.6 is 11.3 Å². The Hall–Kier alpha value is -4.32. The molecule has 4 heterocycles. The fourth-order valence-electron chi connectivity index (χ4n) is 5.01. The summed E-state index contributed by atoms with van der Waals surface area (Å²) in [5, 5.41) is 5.49. The van der Waals surface area contributed by atoms with Gasteiger partial charge in [-0.1, -0.05) is 12.1 Å². The summed E-state index contributed by atoms with van der Waals surface area (Å²) in [7, 11) is 2.00. The van der Waals surface area contributed by atoms with Crippen LogP contribution in [0.3, 0.4) is 0 Å². The number of piperazine rings is 1. The predicted molar refractivity (Wildman–Crippen MR) is 162 cm³/mol. The molecule has 2 aromatic carbocycles. The van der Waals surface area contributed by atoms with Crippen molar-refractivity contribution in [1.29, 1.82) is 0 Å². The van der Waals surface area contributed by atoms with Gasteiger partial charge in [0.2, 0.25) is 0 Å². The molecule has 0 spiro atoms. The number of ether oxygens (including phenoxy) is 1. The first-order valence-electron chi connectivity index (χ1n) is 13.7.